The van der Waals surface area contributed by atoms with E-state index in [2.05, 4.69) is 4.74 Å². The minimum atomic E-state index is -0.430. The van der Waals surface area contributed by atoms with Crippen molar-refractivity contribution in [3.8, 4) is 0 Å². The molecule has 0 unspecified atom stereocenters. The predicted molar refractivity (Wildman–Crippen MR) is 71.6 cm³/mol. The summed E-state index contributed by atoms with van der Waals surface area (Å²) in [5.74, 6) is -0.824. The molecular weight excluding hydrogens is 260 g/mol. The standard InChI is InChI=1S/C15H18O5/c1-18-12-4-3-5-13(12)20-15(17)11-8-6-10(7-9-11)14(16)19-2/h6-9,12-13H,3-5H2,1-2H3/t12-,13-/m1/s1. The lowest BCUT2D eigenvalue weighted by molar-refractivity contribution is -0.0206. The number of hydrogen-bond donors (Lipinski definition) is 0. The van der Waals surface area contributed by atoms with Gasteiger partial charge >= 0.3 is 11.9 Å². The Hall–Kier alpha value is -1.88. The summed E-state index contributed by atoms with van der Waals surface area (Å²) in [4.78, 5) is 23.3. The fourth-order valence-corrected chi connectivity index (χ4v) is 2.36. The summed E-state index contributed by atoms with van der Waals surface area (Å²) in [6, 6.07) is 6.21. The average Bonchev–Trinajstić information content (AvgIpc) is 2.93. The molecule has 2 rings (SSSR count). The predicted octanol–water partition coefficient (Wildman–Crippen LogP) is 2.20. The smallest absolute Gasteiger partial charge is 0.338 e. The third-order valence-corrected chi connectivity index (χ3v) is 3.49. The van der Waals surface area contributed by atoms with Crippen LogP contribution in [-0.4, -0.2) is 38.4 Å². The van der Waals surface area contributed by atoms with E-state index >= 15 is 0 Å². The number of carbonyl (C=O) groups is 2. The summed E-state index contributed by atoms with van der Waals surface area (Å²) < 4.78 is 15.3. The highest BCUT2D eigenvalue weighted by molar-refractivity contribution is 5.93. The number of esters is 2. The molecule has 1 aromatic carbocycles. The second-order valence-corrected chi connectivity index (χ2v) is 4.72. The number of rotatable bonds is 4. The molecule has 108 valence electrons. The molecule has 1 aliphatic rings. The van der Waals surface area contributed by atoms with E-state index < -0.39 is 11.9 Å². The van der Waals surface area contributed by atoms with Gasteiger partial charge in [-0.1, -0.05) is 0 Å². The van der Waals surface area contributed by atoms with Crippen LogP contribution >= 0.6 is 0 Å². The molecular formula is C15H18O5. The van der Waals surface area contributed by atoms with Gasteiger partial charge in [-0.25, -0.2) is 9.59 Å². The van der Waals surface area contributed by atoms with Crippen LogP contribution in [0.25, 0.3) is 0 Å². The molecule has 0 radical (unpaired) electrons. The van der Waals surface area contributed by atoms with Crippen molar-refractivity contribution in [2.75, 3.05) is 14.2 Å². The SMILES string of the molecule is COC(=O)c1ccc(C(=O)O[C@@H]2CCC[C@H]2OC)cc1. The lowest BCUT2D eigenvalue weighted by atomic mass is 10.1. The number of benzene rings is 1. The summed E-state index contributed by atoms with van der Waals surface area (Å²) >= 11 is 0. The van der Waals surface area contributed by atoms with Crippen LogP contribution in [0.4, 0.5) is 0 Å². The zero-order chi connectivity index (χ0) is 14.5. The zero-order valence-corrected chi connectivity index (χ0v) is 11.6. The van der Waals surface area contributed by atoms with Gasteiger partial charge in [0, 0.05) is 7.11 Å². The molecule has 0 saturated heterocycles. The van der Waals surface area contributed by atoms with Crippen LogP contribution in [0.1, 0.15) is 40.0 Å². The van der Waals surface area contributed by atoms with E-state index in [1.807, 2.05) is 0 Å². The first-order valence-corrected chi connectivity index (χ1v) is 6.58. The molecule has 2 atom stereocenters. The molecule has 1 fully saturated rings. The summed E-state index contributed by atoms with van der Waals surface area (Å²) in [6.45, 7) is 0. The maximum Gasteiger partial charge on any atom is 0.338 e. The van der Waals surface area contributed by atoms with Crippen LogP contribution in [0.2, 0.25) is 0 Å². The van der Waals surface area contributed by atoms with Crippen molar-refractivity contribution in [3.05, 3.63) is 35.4 Å². The topological polar surface area (TPSA) is 61.8 Å². The fourth-order valence-electron chi connectivity index (χ4n) is 2.36. The number of carbonyl (C=O) groups excluding carboxylic acids is 2. The highest BCUT2D eigenvalue weighted by Gasteiger charge is 2.30. The minimum absolute atomic E-state index is 0.0201. The Kier molecular flexibility index (Phi) is 4.74. The van der Waals surface area contributed by atoms with E-state index in [-0.39, 0.29) is 12.2 Å². The fraction of sp³-hybridized carbons (Fsp3) is 0.467. The van der Waals surface area contributed by atoms with Crippen molar-refractivity contribution in [2.45, 2.75) is 31.5 Å². The quantitative estimate of drug-likeness (QED) is 0.790. The molecule has 20 heavy (non-hydrogen) atoms. The molecule has 0 spiro atoms. The van der Waals surface area contributed by atoms with E-state index in [1.54, 1.807) is 31.4 Å². The van der Waals surface area contributed by atoms with Crippen LogP contribution in [0.5, 0.6) is 0 Å². The average molecular weight is 278 g/mol. The molecule has 0 aliphatic heterocycles. The molecule has 1 aromatic rings. The van der Waals surface area contributed by atoms with Gasteiger partial charge in [-0.15, -0.1) is 0 Å². The van der Waals surface area contributed by atoms with Crippen molar-refractivity contribution < 1.29 is 23.8 Å². The Labute approximate surface area is 117 Å². The first-order chi connectivity index (χ1) is 9.65. The van der Waals surface area contributed by atoms with Crippen molar-refractivity contribution >= 4 is 11.9 Å². The highest BCUT2D eigenvalue weighted by atomic mass is 16.6. The lowest BCUT2D eigenvalue weighted by Crippen LogP contribution is -2.27. The normalized spacial score (nSPS) is 21.5. The van der Waals surface area contributed by atoms with Gasteiger partial charge in [-0.3, -0.25) is 0 Å². The van der Waals surface area contributed by atoms with Crippen molar-refractivity contribution in [1.82, 2.24) is 0 Å². The Morgan fingerprint density at radius 3 is 2.05 bits per heavy atom. The molecule has 0 amide bonds. The number of hydrogen-bond acceptors (Lipinski definition) is 5. The van der Waals surface area contributed by atoms with E-state index in [1.165, 1.54) is 7.11 Å². The van der Waals surface area contributed by atoms with E-state index in [4.69, 9.17) is 9.47 Å². The van der Waals surface area contributed by atoms with Crippen molar-refractivity contribution in [3.63, 3.8) is 0 Å². The summed E-state index contributed by atoms with van der Waals surface area (Å²) in [5.41, 5.74) is 0.819. The number of ether oxygens (including phenoxy) is 3. The van der Waals surface area contributed by atoms with Crippen molar-refractivity contribution in [1.29, 1.82) is 0 Å². The molecule has 1 aliphatic carbocycles. The molecule has 0 aromatic heterocycles. The summed E-state index contributed by atoms with van der Waals surface area (Å²) in [7, 11) is 2.94. The Balaban J connectivity index is 2.00. The second-order valence-electron chi connectivity index (χ2n) is 4.72. The van der Waals surface area contributed by atoms with E-state index in [0.717, 1.165) is 19.3 Å². The lowest BCUT2D eigenvalue weighted by Gasteiger charge is -2.18. The monoisotopic (exact) mass is 278 g/mol. The van der Waals surface area contributed by atoms with Gasteiger partial charge < -0.3 is 14.2 Å². The first kappa shape index (κ1) is 14.5. The van der Waals surface area contributed by atoms with E-state index in [9.17, 15) is 9.59 Å². The summed E-state index contributed by atoms with van der Waals surface area (Å²) in [6.07, 6.45) is 2.53. The van der Waals surface area contributed by atoms with Crippen LogP contribution in [0.15, 0.2) is 24.3 Å². The van der Waals surface area contributed by atoms with Crippen LogP contribution in [0, 0.1) is 0 Å². The van der Waals surface area contributed by atoms with E-state index in [0.29, 0.717) is 11.1 Å². The maximum atomic E-state index is 12.0. The van der Waals surface area contributed by atoms with Gasteiger partial charge in [-0.2, -0.15) is 0 Å². The Morgan fingerprint density at radius 2 is 1.50 bits per heavy atom. The van der Waals surface area contributed by atoms with Crippen LogP contribution in [0.3, 0.4) is 0 Å². The van der Waals surface area contributed by atoms with Gasteiger partial charge in [0.05, 0.1) is 24.3 Å². The molecule has 1 saturated carbocycles. The highest BCUT2D eigenvalue weighted by Crippen LogP contribution is 2.25. The minimum Gasteiger partial charge on any atom is -0.465 e. The molecule has 0 heterocycles. The van der Waals surface area contributed by atoms with Gasteiger partial charge in [-0.05, 0) is 43.5 Å². The molecule has 5 nitrogen and oxygen atoms in total. The third kappa shape index (κ3) is 3.17. The van der Waals surface area contributed by atoms with Crippen molar-refractivity contribution in [2.24, 2.45) is 0 Å². The van der Waals surface area contributed by atoms with Crippen LogP contribution < -0.4 is 0 Å². The molecule has 0 bridgehead atoms. The van der Waals surface area contributed by atoms with Gasteiger partial charge in [0.25, 0.3) is 0 Å². The maximum absolute atomic E-state index is 12.0. The zero-order valence-electron chi connectivity index (χ0n) is 11.6. The Morgan fingerprint density at radius 1 is 0.950 bits per heavy atom. The number of methoxy groups -OCH3 is 2. The second kappa shape index (κ2) is 6.52. The van der Waals surface area contributed by atoms with Gasteiger partial charge in [0.2, 0.25) is 0 Å². The molecule has 5 heteroatoms. The van der Waals surface area contributed by atoms with Gasteiger partial charge in [0.15, 0.2) is 0 Å². The largest absolute Gasteiger partial charge is 0.465 e. The first-order valence-electron chi connectivity index (χ1n) is 6.58. The Bertz CT molecular complexity index is 480. The third-order valence-electron chi connectivity index (χ3n) is 3.49. The van der Waals surface area contributed by atoms with Crippen LogP contribution in [-0.2, 0) is 14.2 Å². The molecule has 0 N–H and O–H groups in total. The summed E-state index contributed by atoms with van der Waals surface area (Å²) in [5, 5.41) is 0. The van der Waals surface area contributed by atoms with Gasteiger partial charge in [0.1, 0.15) is 6.10 Å².